The van der Waals surface area contributed by atoms with E-state index in [9.17, 15) is 0 Å². The highest BCUT2D eigenvalue weighted by Crippen LogP contribution is 2.20. The molecule has 1 atom stereocenters. The summed E-state index contributed by atoms with van der Waals surface area (Å²) in [5.74, 6) is 0.851. The quantitative estimate of drug-likeness (QED) is 0.803. The molecular weight excluding hydrogens is 200 g/mol. The Morgan fingerprint density at radius 2 is 2.06 bits per heavy atom. The van der Waals surface area contributed by atoms with Gasteiger partial charge in [-0.25, -0.2) is 0 Å². The summed E-state index contributed by atoms with van der Waals surface area (Å²) in [6.07, 6.45) is 4.92. The lowest BCUT2D eigenvalue weighted by atomic mass is 10.1. The molecule has 1 unspecified atom stereocenters. The van der Waals surface area contributed by atoms with E-state index in [-0.39, 0.29) is 6.10 Å². The predicted octanol–water partition coefficient (Wildman–Crippen LogP) is 2.93. The van der Waals surface area contributed by atoms with Crippen LogP contribution < -0.4 is 10.1 Å². The van der Waals surface area contributed by atoms with Crippen LogP contribution in [-0.2, 0) is 0 Å². The summed E-state index contributed by atoms with van der Waals surface area (Å²) in [5.41, 5.74) is 1.20. The summed E-state index contributed by atoms with van der Waals surface area (Å²) in [6.45, 7) is 9.30. The Labute approximate surface area is 98.2 Å². The molecule has 1 aromatic rings. The van der Waals surface area contributed by atoms with Gasteiger partial charge in [0.25, 0.3) is 0 Å². The van der Waals surface area contributed by atoms with E-state index in [0.29, 0.717) is 6.04 Å². The lowest BCUT2D eigenvalue weighted by Gasteiger charge is -2.17. The SMILES string of the molecule is CCNC(CC)c1cncc(OC(C)C)c1. The van der Waals surface area contributed by atoms with Gasteiger partial charge >= 0.3 is 0 Å². The Balaban J connectivity index is 2.79. The van der Waals surface area contributed by atoms with Crippen LogP contribution in [0.3, 0.4) is 0 Å². The van der Waals surface area contributed by atoms with Crippen LogP contribution in [-0.4, -0.2) is 17.6 Å². The molecule has 1 rings (SSSR count). The molecule has 0 saturated heterocycles. The molecule has 0 fully saturated rings. The second-order valence-electron chi connectivity index (χ2n) is 4.14. The van der Waals surface area contributed by atoms with Crippen LogP contribution in [0.25, 0.3) is 0 Å². The van der Waals surface area contributed by atoms with E-state index in [2.05, 4.69) is 30.2 Å². The zero-order valence-corrected chi connectivity index (χ0v) is 10.7. The molecule has 90 valence electrons. The third-order valence-corrected chi connectivity index (χ3v) is 2.37. The first-order valence-electron chi connectivity index (χ1n) is 6.02. The van der Waals surface area contributed by atoms with Gasteiger partial charge in [0.15, 0.2) is 0 Å². The predicted molar refractivity (Wildman–Crippen MR) is 66.7 cm³/mol. The third kappa shape index (κ3) is 3.81. The first-order chi connectivity index (χ1) is 7.67. The van der Waals surface area contributed by atoms with Crippen LogP contribution in [0.1, 0.15) is 45.7 Å². The molecule has 16 heavy (non-hydrogen) atoms. The average molecular weight is 222 g/mol. The van der Waals surface area contributed by atoms with Crippen molar-refractivity contribution in [2.24, 2.45) is 0 Å². The van der Waals surface area contributed by atoms with Gasteiger partial charge in [0.2, 0.25) is 0 Å². The van der Waals surface area contributed by atoms with Gasteiger partial charge in [-0.05, 0) is 38.4 Å². The van der Waals surface area contributed by atoms with Crippen molar-refractivity contribution >= 4 is 0 Å². The molecule has 0 radical (unpaired) electrons. The van der Waals surface area contributed by atoms with Crippen molar-refractivity contribution in [1.29, 1.82) is 0 Å². The van der Waals surface area contributed by atoms with E-state index >= 15 is 0 Å². The van der Waals surface area contributed by atoms with Gasteiger partial charge in [-0.15, -0.1) is 0 Å². The van der Waals surface area contributed by atoms with Crippen molar-refractivity contribution < 1.29 is 4.74 Å². The standard InChI is InChI=1S/C13H22N2O/c1-5-13(15-6-2)11-7-12(9-14-8-11)16-10(3)4/h7-10,13,15H,5-6H2,1-4H3. The Morgan fingerprint density at radius 1 is 1.31 bits per heavy atom. The fourth-order valence-corrected chi connectivity index (χ4v) is 1.71. The molecule has 0 aromatic carbocycles. The largest absolute Gasteiger partial charge is 0.489 e. The van der Waals surface area contributed by atoms with Gasteiger partial charge in [0.1, 0.15) is 5.75 Å². The first kappa shape index (κ1) is 13.0. The lowest BCUT2D eigenvalue weighted by Crippen LogP contribution is -2.20. The molecule has 0 saturated carbocycles. The van der Waals surface area contributed by atoms with Gasteiger partial charge < -0.3 is 10.1 Å². The average Bonchev–Trinajstić information content (AvgIpc) is 2.25. The number of hydrogen-bond acceptors (Lipinski definition) is 3. The molecule has 0 aliphatic carbocycles. The second kappa shape index (κ2) is 6.48. The monoisotopic (exact) mass is 222 g/mol. The Hall–Kier alpha value is -1.09. The molecule has 1 N–H and O–H groups in total. The van der Waals surface area contributed by atoms with Gasteiger partial charge in [-0.2, -0.15) is 0 Å². The zero-order valence-electron chi connectivity index (χ0n) is 10.7. The molecule has 0 spiro atoms. The summed E-state index contributed by atoms with van der Waals surface area (Å²) in [6, 6.07) is 2.44. The van der Waals surface area contributed by atoms with Gasteiger partial charge in [-0.1, -0.05) is 13.8 Å². The highest BCUT2D eigenvalue weighted by atomic mass is 16.5. The van der Waals surface area contributed by atoms with E-state index < -0.39 is 0 Å². The maximum Gasteiger partial charge on any atom is 0.138 e. The lowest BCUT2D eigenvalue weighted by molar-refractivity contribution is 0.241. The maximum absolute atomic E-state index is 5.64. The molecular formula is C13H22N2O. The molecule has 0 aliphatic rings. The number of hydrogen-bond donors (Lipinski definition) is 1. The highest BCUT2D eigenvalue weighted by molar-refractivity contribution is 5.26. The molecule has 3 heteroatoms. The number of aromatic nitrogens is 1. The first-order valence-corrected chi connectivity index (χ1v) is 6.02. The number of nitrogens with zero attached hydrogens (tertiary/aromatic N) is 1. The highest BCUT2D eigenvalue weighted by Gasteiger charge is 2.09. The number of pyridine rings is 1. The van der Waals surface area contributed by atoms with Crippen molar-refractivity contribution in [3.8, 4) is 5.75 Å². The molecule has 1 heterocycles. The molecule has 0 aliphatic heterocycles. The Bertz CT molecular complexity index is 313. The normalized spacial score (nSPS) is 12.8. The minimum atomic E-state index is 0.191. The van der Waals surface area contributed by atoms with Gasteiger partial charge in [-0.3, -0.25) is 4.98 Å². The van der Waals surface area contributed by atoms with Crippen LogP contribution in [0.4, 0.5) is 0 Å². The summed E-state index contributed by atoms with van der Waals surface area (Å²) >= 11 is 0. The molecule has 0 bridgehead atoms. The smallest absolute Gasteiger partial charge is 0.138 e. The third-order valence-electron chi connectivity index (χ3n) is 2.37. The van der Waals surface area contributed by atoms with Crippen LogP contribution in [0.15, 0.2) is 18.5 Å². The topological polar surface area (TPSA) is 34.2 Å². The zero-order chi connectivity index (χ0) is 12.0. The molecule has 3 nitrogen and oxygen atoms in total. The van der Waals surface area contributed by atoms with E-state index in [1.807, 2.05) is 20.0 Å². The molecule has 1 aromatic heterocycles. The van der Waals surface area contributed by atoms with Crippen molar-refractivity contribution in [3.63, 3.8) is 0 Å². The Morgan fingerprint density at radius 3 is 2.62 bits per heavy atom. The van der Waals surface area contributed by atoms with Crippen molar-refractivity contribution in [2.45, 2.75) is 46.3 Å². The Kier molecular flexibility index (Phi) is 5.26. The van der Waals surface area contributed by atoms with Crippen LogP contribution >= 0.6 is 0 Å². The molecule has 0 amide bonds. The van der Waals surface area contributed by atoms with Crippen LogP contribution in [0.5, 0.6) is 5.75 Å². The van der Waals surface area contributed by atoms with Crippen LogP contribution in [0, 0.1) is 0 Å². The van der Waals surface area contributed by atoms with E-state index in [1.54, 1.807) is 6.20 Å². The summed E-state index contributed by atoms with van der Waals surface area (Å²) < 4.78 is 5.64. The minimum absolute atomic E-state index is 0.191. The van der Waals surface area contributed by atoms with Gasteiger partial charge in [0.05, 0.1) is 12.3 Å². The fourth-order valence-electron chi connectivity index (χ4n) is 1.71. The van der Waals surface area contributed by atoms with Crippen molar-refractivity contribution in [1.82, 2.24) is 10.3 Å². The maximum atomic E-state index is 5.64. The number of ether oxygens (including phenoxy) is 1. The summed E-state index contributed by atoms with van der Waals surface area (Å²) in [5, 5.41) is 3.43. The fraction of sp³-hybridized carbons (Fsp3) is 0.615. The number of nitrogens with one attached hydrogen (secondary N) is 1. The van der Waals surface area contributed by atoms with Crippen LogP contribution in [0.2, 0.25) is 0 Å². The summed E-state index contributed by atoms with van der Waals surface area (Å²) in [7, 11) is 0. The van der Waals surface area contributed by atoms with Crippen molar-refractivity contribution in [2.75, 3.05) is 6.54 Å². The minimum Gasteiger partial charge on any atom is -0.489 e. The van der Waals surface area contributed by atoms with Gasteiger partial charge in [0, 0.05) is 12.2 Å². The van der Waals surface area contributed by atoms with E-state index in [0.717, 1.165) is 18.7 Å². The summed E-state index contributed by atoms with van der Waals surface area (Å²) in [4.78, 5) is 4.22. The van der Waals surface area contributed by atoms with E-state index in [4.69, 9.17) is 4.74 Å². The second-order valence-corrected chi connectivity index (χ2v) is 4.14. The number of rotatable bonds is 6. The van der Waals surface area contributed by atoms with E-state index in [1.165, 1.54) is 5.56 Å². The van der Waals surface area contributed by atoms with Crippen molar-refractivity contribution in [3.05, 3.63) is 24.0 Å².